The summed E-state index contributed by atoms with van der Waals surface area (Å²) in [6.45, 7) is 8.59. The van der Waals surface area contributed by atoms with E-state index in [1.54, 1.807) is 12.1 Å². The third-order valence-corrected chi connectivity index (χ3v) is 3.24. The first-order chi connectivity index (χ1) is 10.7. The second-order valence-corrected chi connectivity index (χ2v) is 5.22. The number of benzene rings is 1. The summed E-state index contributed by atoms with van der Waals surface area (Å²) in [5.74, 6) is 1.33. The molecule has 0 saturated carbocycles. The third-order valence-electron chi connectivity index (χ3n) is 3.24. The molecule has 5 heteroatoms. The molecule has 22 heavy (non-hydrogen) atoms. The van der Waals surface area contributed by atoms with Crippen LogP contribution in [0.3, 0.4) is 0 Å². The zero-order chi connectivity index (χ0) is 16.2. The van der Waals surface area contributed by atoms with E-state index in [1.807, 2.05) is 0 Å². The minimum absolute atomic E-state index is 0.244. The van der Waals surface area contributed by atoms with Crippen LogP contribution in [0.1, 0.15) is 40.0 Å². The standard InChI is InChI=1S/C17H28FN3O/c1-4-14(3)21-17(19-5-2)20-12-6-7-13-22-16-10-8-15(18)9-11-16/h8-11,14H,4-7,12-13H2,1-3H3,(H2,19,20,21). The molecule has 0 aliphatic carbocycles. The Morgan fingerprint density at radius 3 is 2.59 bits per heavy atom. The van der Waals surface area contributed by atoms with E-state index in [4.69, 9.17) is 4.74 Å². The van der Waals surface area contributed by atoms with Crippen molar-refractivity contribution in [1.82, 2.24) is 10.6 Å². The zero-order valence-corrected chi connectivity index (χ0v) is 13.9. The molecule has 0 heterocycles. The molecule has 1 rings (SSSR count). The summed E-state index contributed by atoms with van der Waals surface area (Å²) in [7, 11) is 0. The van der Waals surface area contributed by atoms with Crippen LogP contribution in [0.25, 0.3) is 0 Å². The van der Waals surface area contributed by atoms with Gasteiger partial charge in [0.2, 0.25) is 0 Å². The number of aliphatic imine (C=N–C) groups is 1. The van der Waals surface area contributed by atoms with Crippen molar-refractivity contribution in [3.8, 4) is 5.75 Å². The summed E-state index contributed by atoms with van der Waals surface area (Å²) < 4.78 is 18.3. The molecular weight excluding hydrogens is 281 g/mol. The normalized spacial score (nSPS) is 12.8. The molecule has 4 nitrogen and oxygen atoms in total. The Morgan fingerprint density at radius 2 is 1.95 bits per heavy atom. The average molecular weight is 309 g/mol. The first-order valence-corrected chi connectivity index (χ1v) is 8.09. The molecule has 1 aromatic carbocycles. The highest BCUT2D eigenvalue weighted by Gasteiger charge is 2.01. The second kappa shape index (κ2) is 10.9. The molecule has 0 saturated heterocycles. The van der Waals surface area contributed by atoms with Crippen LogP contribution in [0.2, 0.25) is 0 Å². The molecule has 1 aromatic rings. The maximum atomic E-state index is 12.7. The lowest BCUT2D eigenvalue weighted by Gasteiger charge is -2.16. The molecule has 0 bridgehead atoms. The van der Waals surface area contributed by atoms with E-state index in [0.717, 1.165) is 38.3 Å². The molecule has 1 unspecified atom stereocenters. The molecule has 2 N–H and O–H groups in total. The maximum absolute atomic E-state index is 12.7. The van der Waals surface area contributed by atoms with Crippen LogP contribution in [0.5, 0.6) is 5.75 Å². The van der Waals surface area contributed by atoms with E-state index in [2.05, 4.69) is 36.4 Å². The van der Waals surface area contributed by atoms with Crippen molar-refractivity contribution in [2.75, 3.05) is 19.7 Å². The summed E-state index contributed by atoms with van der Waals surface area (Å²) in [5, 5.41) is 6.60. The van der Waals surface area contributed by atoms with Crippen LogP contribution < -0.4 is 15.4 Å². The zero-order valence-electron chi connectivity index (χ0n) is 13.9. The number of ether oxygens (including phenoxy) is 1. The smallest absolute Gasteiger partial charge is 0.191 e. The predicted molar refractivity (Wildman–Crippen MR) is 90.0 cm³/mol. The fourth-order valence-electron chi connectivity index (χ4n) is 1.78. The maximum Gasteiger partial charge on any atom is 0.191 e. The quantitative estimate of drug-likeness (QED) is 0.418. The Labute approximate surface area is 133 Å². The number of nitrogens with zero attached hydrogens (tertiary/aromatic N) is 1. The van der Waals surface area contributed by atoms with E-state index in [1.165, 1.54) is 12.1 Å². The van der Waals surface area contributed by atoms with Gasteiger partial charge in [-0.2, -0.15) is 0 Å². The lowest BCUT2D eigenvalue weighted by molar-refractivity contribution is 0.307. The summed E-state index contributed by atoms with van der Waals surface area (Å²) in [5.41, 5.74) is 0. The molecule has 0 aromatic heterocycles. The number of hydrogen-bond acceptors (Lipinski definition) is 2. The van der Waals surface area contributed by atoms with Crippen LogP contribution in [0, 0.1) is 5.82 Å². The number of guanidine groups is 1. The van der Waals surface area contributed by atoms with Gasteiger partial charge in [0.1, 0.15) is 11.6 Å². The van der Waals surface area contributed by atoms with Crippen molar-refractivity contribution < 1.29 is 9.13 Å². The monoisotopic (exact) mass is 309 g/mol. The Hall–Kier alpha value is -1.78. The second-order valence-electron chi connectivity index (χ2n) is 5.22. The summed E-state index contributed by atoms with van der Waals surface area (Å²) in [6.07, 6.45) is 2.94. The topological polar surface area (TPSA) is 45.7 Å². The Kier molecular flexibility index (Phi) is 9.03. The molecule has 0 amide bonds. The molecule has 1 atom stereocenters. The van der Waals surface area contributed by atoms with Crippen molar-refractivity contribution in [2.45, 2.75) is 46.1 Å². The molecular formula is C17H28FN3O. The van der Waals surface area contributed by atoms with Crippen LogP contribution in [-0.4, -0.2) is 31.7 Å². The van der Waals surface area contributed by atoms with Crippen LogP contribution in [0.4, 0.5) is 4.39 Å². The third kappa shape index (κ3) is 7.86. The summed E-state index contributed by atoms with van der Waals surface area (Å²) in [4.78, 5) is 4.55. The molecule has 0 fully saturated rings. The molecule has 124 valence electrons. The molecule has 0 aliphatic rings. The van der Waals surface area contributed by atoms with Crippen molar-refractivity contribution >= 4 is 5.96 Å². The average Bonchev–Trinajstić information content (AvgIpc) is 2.52. The van der Waals surface area contributed by atoms with Gasteiger partial charge in [0.05, 0.1) is 6.61 Å². The largest absolute Gasteiger partial charge is 0.494 e. The van der Waals surface area contributed by atoms with E-state index < -0.39 is 0 Å². The van der Waals surface area contributed by atoms with E-state index in [-0.39, 0.29) is 5.82 Å². The van der Waals surface area contributed by atoms with Crippen molar-refractivity contribution in [2.24, 2.45) is 4.99 Å². The van der Waals surface area contributed by atoms with Gasteiger partial charge < -0.3 is 15.4 Å². The number of nitrogens with one attached hydrogen (secondary N) is 2. The van der Waals surface area contributed by atoms with Gasteiger partial charge in [-0.15, -0.1) is 0 Å². The highest BCUT2D eigenvalue weighted by Crippen LogP contribution is 2.11. The minimum Gasteiger partial charge on any atom is -0.494 e. The van der Waals surface area contributed by atoms with Gasteiger partial charge in [-0.05, 0) is 57.4 Å². The number of halogens is 1. The SMILES string of the molecule is CCNC(=NCCCCOc1ccc(F)cc1)NC(C)CC. The van der Waals surface area contributed by atoms with Crippen molar-refractivity contribution in [1.29, 1.82) is 0 Å². The van der Waals surface area contributed by atoms with Gasteiger partial charge in [-0.1, -0.05) is 6.92 Å². The van der Waals surface area contributed by atoms with Gasteiger partial charge in [0.25, 0.3) is 0 Å². The van der Waals surface area contributed by atoms with Gasteiger partial charge in [-0.3, -0.25) is 4.99 Å². The van der Waals surface area contributed by atoms with E-state index >= 15 is 0 Å². The summed E-state index contributed by atoms with van der Waals surface area (Å²) in [6, 6.07) is 6.52. The Morgan fingerprint density at radius 1 is 1.23 bits per heavy atom. The summed E-state index contributed by atoms with van der Waals surface area (Å²) >= 11 is 0. The first kappa shape index (κ1) is 18.3. The fraction of sp³-hybridized carbons (Fsp3) is 0.588. The van der Waals surface area contributed by atoms with Crippen molar-refractivity contribution in [3.05, 3.63) is 30.1 Å². The van der Waals surface area contributed by atoms with Crippen LogP contribution >= 0.6 is 0 Å². The van der Waals surface area contributed by atoms with Crippen LogP contribution in [0.15, 0.2) is 29.3 Å². The lowest BCUT2D eigenvalue weighted by atomic mass is 10.3. The Balaban J connectivity index is 2.21. The van der Waals surface area contributed by atoms with Gasteiger partial charge in [-0.25, -0.2) is 4.39 Å². The first-order valence-electron chi connectivity index (χ1n) is 8.09. The number of unbranched alkanes of at least 4 members (excludes halogenated alkanes) is 1. The van der Waals surface area contributed by atoms with Gasteiger partial charge in [0, 0.05) is 19.1 Å². The number of rotatable bonds is 9. The highest BCUT2D eigenvalue weighted by molar-refractivity contribution is 5.79. The predicted octanol–water partition coefficient (Wildman–Crippen LogP) is 3.34. The van der Waals surface area contributed by atoms with Gasteiger partial charge >= 0.3 is 0 Å². The fourth-order valence-corrected chi connectivity index (χ4v) is 1.78. The molecule has 0 spiro atoms. The van der Waals surface area contributed by atoms with E-state index in [9.17, 15) is 4.39 Å². The molecule has 0 aliphatic heterocycles. The molecule has 0 radical (unpaired) electrons. The van der Waals surface area contributed by atoms with Crippen molar-refractivity contribution in [3.63, 3.8) is 0 Å². The van der Waals surface area contributed by atoms with Gasteiger partial charge in [0.15, 0.2) is 5.96 Å². The highest BCUT2D eigenvalue weighted by atomic mass is 19.1. The lowest BCUT2D eigenvalue weighted by Crippen LogP contribution is -2.42. The van der Waals surface area contributed by atoms with E-state index in [0.29, 0.717) is 18.4 Å². The van der Waals surface area contributed by atoms with Crippen LogP contribution in [-0.2, 0) is 0 Å². The number of hydrogen-bond donors (Lipinski definition) is 2. The minimum atomic E-state index is -0.244. The Bertz CT molecular complexity index is 434.